The van der Waals surface area contributed by atoms with Gasteiger partial charge in [0.15, 0.2) is 5.82 Å². The van der Waals surface area contributed by atoms with Crippen molar-refractivity contribution < 1.29 is 0 Å². The van der Waals surface area contributed by atoms with Crippen LogP contribution in [-0.2, 0) is 6.42 Å². The summed E-state index contributed by atoms with van der Waals surface area (Å²) in [5.41, 5.74) is 2.07. The van der Waals surface area contributed by atoms with Crippen LogP contribution in [0.3, 0.4) is 0 Å². The molecule has 4 rings (SSSR count). The number of benzene rings is 2. The van der Waals surface area contributed by atoms with E-state index in [2.05, 4.69) is 36.2 Å². The van der Waals surface area contributed by atoms with Crippen LogP contribution < -0.4 is 5.56 Å². The number of halogens is 1. The summed E-state index contributed by atoms with van der Waals surface area (Å²) in [6, 6.07) is 17.4. The van der Waals surface area contributed by atoms with E-state index in [1.165, 1.54) is 0 Å². The molecule has 0 aliphatic carbocycles. The third kappa shape index (κ3) is 2.74. The lowest BCUT2D eigenvalue weighted by Gasteiger charge is -2.03. The molecule has 0 aliphatic heterocycles. The third-order valence-corrected chi connectivity index (χ3v) is 4.19. The molecule has 0 bridgehead atoms. The van der Waals surface area contributed by atoms with Crippen molar-refractivity contribution in [2.45, 2.75) is 6.42 Å². The second-order valence-electron chi connectivity index (χ2n) is 5.33. The molecule has 24 heavy (non-hydrogen) atoms. The minimum Gasteiger partial charge on any atom is -0.288 e. The van der Waals surface area contributed by atoms with Gasteiger partial charge in [-0.15, -0.1) is 10.2 Å². The zero-order chi connectivity index (χ0) is 16.5. The molecule has 0 spiro atoms. The fraction of sp³-hybridized carbons (Fsp3) is 0.0588. The fourth-order valence-electron chi connectivity index (χ4n) is 2.48. The minimum atomic E-state index is -0.249. The van der Waals surface area contributed by atoms with Crippen LogP contribution in [0.15, 0.2) is 63.9 Å². The SMILES string of the molecule is O=c1[nH]c2nnc(-c3ccc(Br)cc3)n2nc1Cc1ccccc1. The van der Waals surface area contributed by atoms with Crippen LogP contribution in [0.4, 0.5) is 0 Å². The van der Waals surface area contributed by atoms with Crippen molar-refractivity contribution in [1.82, 2.24) is 24.8 Å². The first-order valence-electron chi connectivity index (χ1n) is 7.35. The molecule has 0 unspecified atom stereocenters. The summed E-state index contributed by atoms with van der Waals surface area (Å²) < 4.78 is 2.55. The molecular weight excluding hydrogens is 370 g/mol. The average molecular weight is 382 g/mol. The Morgan fingerprint density at radius 3 is 2.50 bits per heavy atom. The molecule has 6 nitrogen and oxygen atoms in total. The molecule has 7 heteroatoms. The van der Waals surface area contributed by atoms with Crippen molar-refractivity contribution in [1.29, 1.82) is 0 Å². The zero-order valence-electron chi connectivity index (χ0n) is 12.5. The van der Waals surface area contributed by atoms with Gasteiger partial charge in [0.05, 0.1) is 0 Å². The molecule has 0 saturated heterocycles. The van der Waals surface area contributed by atoms with Gasteiger partial charge in [-0.3, -0.25) is 9.78 Å². The van der Waals surface area contributed by atoms with E-state index in [1.807, 2.05) is 54.6 Å². The van der Waals surface area contributed by atoms with Crippen molar-refractivity contribution in [2.24, 2.45) is 0 Å². The summed E-state index contributed by atoms with van der Waals surface area (Å²) in [6.45, 7) is 0. The van der Waals surface area contributed by atoms with Gasteiger partial charge in [0.25, 0.3) is 11.3 Å². The number of nitrogens with one attached hydrogen (secondary N) is 1. The van der Waals surface area contributed by atoms with E-state index >= 15 is 0 Å². The summed E-state index contributed by atoms with van der Waals surface area (Å²) >= 11 is 3.41. The maximum atomic E-state index is 12.2. The molecule has 0 radical (unpaired) electrons. The molecule has 2 aromatic carbocycles. The van der Waals surface area contributed by atoms with Crippen molar-refractivity contribution in [3.63, 3.8) is 0 Å². The molecule has 2 aromatic heterocycles. The Bertz CT molecular complexity index is 1050. The smallest absolute Gasteiger partial charge is 0.274 e. The maximum Gasteiger partial charge on any atom is 0.274 e. The summed E-state index contributed by atoms with van der Waals surface area (Å²) in [5.74, 6) is 0.915. The molecule has 0 atom stereocenters. The van der Waals surface area contributed by atoms with Crippen LogP contribution in [0.2, 0.25) is 0 Å². The maximum absolute atomic E-state index is 12.2. The topological polar surface area (TPSA) is 75.9 Å². The van der Waals surface area contributed by atoms with E-state index in [-0.39, 0.29) is 5.56 Å². The average Bonchev–Trinajstić information content (AvgIpc) is 2.99. The Morgan fingerprint density at radius 2 is 1.75 bits per heavy atom. The number of H-pyrrole nitrogens is 1. The van der Waals surface area contributed by atoms with Crippen molar-refractivity contribution in [3.8, 4) is 11.4 Å². The Hall–Kier alpha value is -2.80. The lowest BCUT2D eigenvalue weighted by atomic mass is 10.1. The van der Waals surface area contributed by atoms with Gasteiger partial charge >= 0.3 is 0 Å². The van der Waals surface area contributed by atoms with Gasteiger partial charge in [-0.25, -0.2) is 0 Å². The number of aromatic amines is 1. The van der Waals surface area contributed by atoms with Gasteiger partial charge < -0.3 is 0 Å². The highest BCUT2D eigenvalue weighted by Gasteiger charge is 2.13. The van der Waals surface area contributed by atoms with Gasteiger partial charge in [-0.05, 0) is 17.7 Å². The highest BCUT2D eigenvalue weighted by atomic mass is 79.9. The van der Waals surface area contributed by atoms with Crippen LogP contribution in [0, 0.1) is 0 Å². The van der Waals surface area contributed by atoms with E-state index in [0.29, 0.717) is 23.7 Å². The Morgan fingerprint density at radius 1 is 1.00 bits per heavy atom. The zero-order valence-corrected chi connectivity index (χ0v) is 14.1. The number of aromatic nitrogens is 5. The van der Waals surface area contributed by atoms with Gasteiger partial charge in [0.1, 0.15) is 5.69 Å². The standard InChI is InChI=1S/C17H12BrN5O/c18-13-8-6-12(7-9-13)15-20-21-17-19-16(24)14(22-23(15)17)10-11-4-2-1-3-5-11/h1-9H,10H2,(H,19,21,24). The van der Waals surface area contributed by atoms with Gasteiger partial charge in [-0.1, -0.05) is 58.4 Å². The number of hydrogen-bond acceptors (Lipinski definition) is 4. The molecule has 1 N–H and O–H groups in total. The van der Waals surface area contributed by atoms with Crippen molar-refractivity contribution in [2.75, 3.05) is 0 Å². The molecular formula is C17H12BrN5O. The molecule has 4 aromatic rings. The molecule has 0 fully saturated rings. The largest absolute Gasteiger partial charge is 0.288 e. The van der Waals surface area contributed by atoms with Crippen LogP contribution in [0.1, 0.15) is 11.3 Å². The van der Waals surface area contributed by atoms with E-state index in [1.54, 1.807) is 4.52 Å². The predicted molar refractivity (Wildman–Crippen MR) is 93.8 cm³/mol. The van der Waals surface area contributed by atoms with Crippen molar-refractivity contribution >= 4 is 21.7 Å². The first-order valence-corrected chi connectivity index (χ1v) is 8.14. The summed E-state index contributed by atoms with van der Waals surface area (Å²) in [7, 11) is 0. The number of hydrogen-bond donors (Lipinski definition) is 1. The second kappa shape index (κ2) is 6.01. The van der Waals surface area contributed by atoms with Gasteiger partial charge in [-0.2, -0.15) is 9.61 Å². The summed E-state index contributed by atoms with van der Waals surface area (Å²) in [5, 5.41) is 12.6. The lowest BCUT2D eigenvalue weighted by molar-refractivity contribution is 0.829. The Kier molecular flexibility index (Phi) is 3.70. The predicted octanol–water partition coefficient (Wildman–Crippen LogP) is 2.83. The van der Waals surface area contributed by atoms with Crippen LogP contribution in [0.5, 0.6) is 0 Å². The minimum absolute atomic E-state index is 0.249. The Balaban J connectivity index is 1.82. The van der Waals surface area contributed by atoms with Crippen LogP contribution in [-0.4, -0.2) is 24.8 Å². The summed E-state index contributed by atoms with van der Waals surface area (Å²) in [6.07, 6.45) is 0.448. The quantitative estimate of drug-likeness (QED) is 0.591. The monoisotopic (exact) mass is 381 g/mol. The Labute approximate surface area is 145 Å². The lowest BCUT2D eigenvalue weighted by Crippen LogP contribution is -2.19. The first kappa shape index (κ1) is 14.8. The highest BCUT2D eigenvalue weighted by Crippen LogP contribution is 2.19. The van der Waals surface area contributed by atoms with E-state index in [9.17, 15) is 4.79 Å². The number of rotatable bonds is 3. The van der Waals surface area contributed by atoms with Crippen LogP contribution in [0.25, 0.3) is 17.2 Å². The second-order valence-corrected chi connectivity index (χ2v) is 6.24. The first-order chi connectivity index (χ1) is 11.7. The van der Waals surface area contributed by atoms with E-state index in [4.69, 9.17) is 0 Å². The normalized spacial score (nSPS) is 11.0. The highest BCUT2D eigenvalue weighted by molar-refractivity contribution is 9.10. The molecule has 118 valence electrons. The van der Waals surface area contributed by atoms with Gasteiger partial charge in [0, 0.05) is 16.5 Å². The van der Waals surface area contributed by atoms with E-state index < -0.39 is 0 Å². The molecule has 0 aliphatic rings. The number of nitrogens with zero attached hydrogens (tertiary/aromatic N) is 4. The van der Waals surface area contributed by atoms with E-state index in [0.717, 1.165) is 15.6 Å². The van der Waals surface area contributed by atoms with Crippen LogP contribution >= 0.6 is 15.9 Å². The third-order valence-electron chi connectivity index (χ3n) is 3.67. The molecule has 0 saturated carbocycles. The van der Waals surface area contributed by atoms with Crippen molar-refractivity contribution in [3.05, 3.63) is 80.7 Å². The molecule has 0 amide bonds. The van der Waals surface area contributed by atoms with Gasteiger partial charge in [0.2, 0.25) is 0 Å². The molecule has 2 heterocycles. The fourth-order valence-corrected chi connectivity index (χ4v) is 2.74. The number of fused-ring (bicyclic) bond motifs is 1. The summed E-state index contributed by atoms with van der Waals surface area (Å²) in [4.78, 5) is 15.0.